The van der Waals surface area contributed by atoms with Gasteiger partial charge in [-0.3, -0.25) is 4.79 Å². The summed E-state index contributed by atoms with van der Waals surface area (Å²) in [5, 5.41) is 11.2. The summed E-state index contributed by atoms with van der Waals surface area (Å²) in [7, 11) is 0. The summed E-state index contributed by atoms with van der Waals surface area (Å²) in [5.74, 6) is 1.25. The highest BCUT2D eigenvalue weighted by Gasteiger charge is 2.27. The molecule has 3 heterocycles. The fraction of sp³-hybridized carbons (Fsp3) is 0.375. The topological polar surface area (TPSA) is 71.0 Å². The van der Waals surface area contributed by atoms with Crippen LogP contribution >= 0.6 is 11.6 Å². The Kier molecular flexibility index (Phi) is 4.71. The second-order valence-corrected chi connectivity index (χ2v) is 6.04. The van der Waals surface area contributed by atoms with Crippen LogP contribution in [0.3, 0.4) is 0 Å². The highest BCUT2D eigenvalue weighted by Crippen LogP contribution is 2.22. The summed E-state index contributed by atoms with van der Waals surface area (Å²) in [6.45, 7) is 3.38. The lowest BCUT2D eigenvalue weighted by Gasteiger charge is -2.32. The highest BCUT2D eigenvalue weighted by atomic mass is 35.5. The van der Waals surface area contributed by atoms with Gasteiger partial charge in [0.1, 0.15) is 5.82 Å². The second-order valence-electron chi connectivity index (χ2n) is 5.65. The van der Waals surface area contributed by atoms with E-state index in [2.05, 4.69) is 25.4 Å². The summed E-state index contributed by atoms with van der Waals surface area (Å²) in [5.41, 5.74) is 0.879. The van der Waals surface area contributed by atoms with Crippen LogP contribution in [0.15, 0.2) is 30.3 Å². The summed E-state index contributed by atoms with van der Waals surface area (Å²) in [6, 6.07) is 9.13. The number of hydrogen-bond acceptors (Lipinski definition) is 5. The lowest BCUT2D eigenvalue weighted by atomic mass is 9.97. The van der Waals surface area contributed by atoms with Gasteiger partial charge in [0.15, 0.2) is 11.0 Å². The van der Waals surface area contributed by atoms with Gasteiger partial charge in [0.25, 0.3) is 0 Å². The molecular weight excluding hydrogens is 314 g/mol. The lowest BCUT2D eigenvalue weighted by Crippen LogP contribution is -2.41. The Morgan fingerprint density at radius 1 is 1.30 bits per heavy atom. The number of amides is 1. The van der Waals surface area contributed by atoms with Crippen LogP contribution < -0.4 is 10.2 Å². The zero-order chi connectivity index (χ0) is 16.2. The predicted octanol–water partition coefficient (Wildman–Crippen LogP) is 2.69. The molecule has 0 saturated carbocycles. The van der Waals surface area contributed by atoms with E-state index in [1.165, 1.54) is 0 Å². The molecular formula is C16H18ClN5O. The van der Waals surface area contributed by atoms with Crippen molar-refractivity contribution >= 4 is 29.1 Å². The monoisotopic (exact) mass is 331 g/mol. The first-order chi connectivity index (χ1) is 11.1. The SMILES string of the molecule is Cc1cccc(NC(=O)C2CCCN(c3ccc(Cl)nn3)C2)n1. The molecule has 1 atom stereocenters. The number of nitrogens with zero attached hydrogens (tertiary/aromatic N) is 4. The van der Waals surface area contributed by atoms with Crippen LogP contribution in [-0.4, -0.2) is 34.2 Å². The van der Waals surface area contributed by atoms with Crippen molar-refractivity contribution in [1.29, 1.82) is 0 Å². The number of carbonyl (C=O) groups excluding carboxylic acids is 1. The van der Waals surface area contributed by atoms with Crippen LogP contribution in [0.25, 0.3) is 0 Å². The number of hydrogen-bond donors (Lipinski definition) is 1. The van der Waals surface area contributed by atoms with E-state index in [4.69, 9.17) is 11.6 Å². The molecule has 0 bridgehead atoms. The average molecular weight is 332 g/mol. The van der Waals surface area contributed by atoms with Crippen LogP contribution in [0.1, 0.15) is 18.5 Å². The first kappa shape index (κ1) is 15.7. The first-order valence-corrected chi connectivity index (χ1v) is 7.98. The number of anilines is 2. The van der Waals surface area contributed by atoms with E-state index >= 15 is 0 Å². The molecule has 1 unspecified atom stereocenters. The van der Waals surface area contributed by atoms with E-state index in [1.807, 2.05) is 25.1 Å². The van der Waals surface area contributed by atoms with Crippen molar-refractivity contribution in [3.63, 3.8) is 0 Å². The van der Waals surface area contributed by atoms with Crippen molar-refractivity contribution in [3.8, 4) is 0 Å². The molecule has 1 saturated heterocycles. The molecule has 2 aromatic rings. The number of piperidine rings is 1. The van der Waals surface area contributed by atoms with Gasteiger partial charge in [0, 0.05) is 18.8 Å². The standard InChI is InChI=1S/C16H18ClN5O/c1-11-4-2-6-14(18-11)19-16(23)12-5-3-9-22(10-12)15-8-7-13(17)20-21-15/h2,4,6-8,12H,3,5,9-10H2,1H3,(H,18,19,23). The van der Waals surface area contributed by atoms with E-state index in [0.29, 0.717) is 17.5 Å². The largest absolute Gasteiger partial charge is 0.354 e. The highest BCUT2D eigenvalue weighted by molar-refractivity contribution is 6.29. The molecule has 1 amide bonds. The summed E-state index contributed by atoms with van der Waals surface area (Å²) in [4.78, 5) is 18.9. The number of nitrogens with one attached hydrogen (secondary N) is 1. The van der Waals surface area contributed by atoms with Crippen LogP contribution in [0, 0.1) is 12.8 Å². The molecule has 0 radical (unpaired) electrons. The normalized spacial score (nSPS) is 17.8. The van der Waals surface area contributed by atoms with Crippen molar-refractivity contribution in [2.45, 2.75) is 19.8 Å². The van der Waals surface area contributed by atoms with Crippen molar-refractivity contribution in [1.82, 2.24) is 15.2 Å². The number of aromatic nitrogens is 3. The zero-order valence-electron chi connectivity index (χ0n) is 12.9. The Morgan fingerprint density at radius 2 is 2.17 bits per heavy atom. The van der Waals surface area contributed by atoms with Gasteiger partial charge in [-0.2, -0.15) is 0 Å². The minimum atomic E-state index is -0.0939. The Morgan fingerprint density at radius 3 is 2.91 bits per heavy atom. The molecule has 0 spiro atoms. The van der Waals surface area contributed by atoms with Crippen molar-refractivity contribution in [2.75, 3.05) is 23.3 Å². The van der Waals surface area contributed by atoms with Gasteiger partial charge in [-0.05, 0) is 44.0 Å². The van der Waals surface area contributed by atoms with E-state index in [1.54, 1.807) is 12.1 Å². The first-order valence-electron chi connectivity index (χ1n) is 7.60. The van der Waals surface area contributed by atoms with Gasteiger partial charge in [-0.1, -0.05) is 17.7 Å². The summed E-state index contributed by atoms with van der Waals surface area (Å²) in [6.07, 6.45) is 1.79. The van der Waals surface area contributed by atoms with E-state index in [0.717, 1.165) is 30.9 Å². The van der Waals surface area contributed by atoms with Gasteiger partial charge in [-0.25, -0.2) is 4.98 Å². The summed E-state index contributed by atoms with van der Waals surface area (Å²) >= 11 is 5.77. The molecule has 1 N–H and O–H groups in total. The smallest absolute Gasteiger partial charge is 0.230 e. The van der Waals surface area contributed by atoms with Crippen LogP contribution in [0.5, 0.6) is 0 Å². The molecule has 1 fully saturated rings. The van der Waals surface area contributed by atoms with Gasteiger partial charge in [0.05, 0.1) is 5.92 Å². The molecule has 0 aliphatic carbocycles. The maximum atomic E-state index is 12.5. The number of aryl methyl sites for hydroxylation is 1. The molecule has 2 aromatic heterocycles. The molecule has 23 heavy (non-hydrogen) atoms. The fourth-order valence-electron chi connectivity index (χ4n) is 2.72. The van der Waals surface area contributed by atoms with Crippen molar-refractivity contribution in [2.24, 2.45) is 5.92 Å². The van der Waals surface area contributed by atoms with Crippen LogP contribution in [0.2, 0.25) is 5.15 Å². The molecule has 1 aliphatic rings. The molecule has 1 aliphatic heterocycles. The third-order valence-electron chi connectivity index (χ3n) is 3.87. The lowest BCUT2D eigenvalue weighted by molar-refractivity contribution is -0.120. The molecule has 120 valence electrons. The Labute approximate surface area is 139 Å². The third-order valence-corrected chi connectivity index (χ3v) is 4.08. The quantitative estimate of drug-likeness (QED) is 0.936. The zero-order valence-corrected chi connectivity index (χ0v) is 13.6. The van der Waals surface area contributed by atoms with Gasteiger partial charge in [-0.15, -0.1) is 10.2 Å². The number of pyridine rings is 1. The minimum Gasteiger partial charge on any atom is -0.354 e. The van der Waals surface area contributed by atoms with Crippen molar-refractivity contribution < 1.29 is 4.79 Å². The molecule has 7 heteroatoms. The summed E-state index contributed by atoms with van der Waals surface area (Å²) < 4.78 is 0. The second kappa shape index (κ2) is 6.91. The van der Waals surface area contributed by atoms with Gasteiger partial charge >= 0.3 is 0 Å². The fourth-order valence-corrected chi connectivity index (χ4v) is 2.82. The molecule has 3 rings (SSSR count). The van der Waals surface area contributed by atoms with E-state index in [9.17, 15) is 4.79 Å². The predicted molar refractivity (Wildman–Crippen MR) is 89.6 cm³/mol. The Bertz CT molecular complexity index is 691. The van der Waals surface area contributed by atoms with E-state index in [-0.39, 0.29) is 11.8 Å². The van der Waals surface area contributed by atoms with E-state index < -0.39 is 0 Å². The van der Waals surface area contributed by atoms with Gasteiger partial charge in [0.2, 0.25) is 5.91 Å². The maximum absolute atomic E-state index is 12.5. The molecule has 0 aromatic carbocycles. The third kappa shape index (κ3) is 3.96. The Balaban J connectivity index is 1.65. The van der Waals surface area contributed by atoms with Crippen LogP contribution in [-0.2, 0) is 4.79 Å². The van der Waals surface area contributed by atoms with Crippen molar-refractivity contribution in [3.05, 3.63) is 41.2 Å². The van der Waals surface area contributed by atoms with Crippen LogP contribution in [0.4, 0.5) is 11.6 Å². The average Bonchev–Trinajstić information content (AvgIpc) is 2.56. The number of rotatable bonds is 3. The Hall–Kier alpha value is -2.21. The number of carbonyl (C=O) groups is 1. The van der Waals surface area contributed by atoms with Gasteiger partial charge < -0.3 is 10.2 Å². The number of halogens is 1. The molecule has 6 nitrogen and oxygen atoms in total. The maximum Gasteiger partial charge on any atom is 0.230 e. The minimum absolute atomic E-state index is 0.00489.